The van der Waals surface area contributed by atoms with Gasteiger partial charge in [0, 0.05) is 18.5 Å². The lowest BCUT2D eigenvalue weighted by molar-refractivity contribution is -0.757. The minimum atomic E-state index is -1.31. The molecule has 48 heavy (non-hydrogen) atoms. The molecule has 0 saturated carbocycles. The van der Waals surface area contributed by atoms with Crippen LogP contribution >= 0.6 is 0 Å². The first-order valence-corrected chi connectivity index (χ1v) is 17.5. The van der Waals surface area contributed by atoms with Crippen LogP contribution in [0.5, 0.6) is 6.01 Å². The van der Waals surface area contributed by atoms with Crippen LogP contribution in [0.2, 0.25) is 0 Å². The third-order valence-electron chi connectivity index (χ3n) is 8.48. The van der Waals surface area contributed by atoms with E-state index in [1.807, 2.05) is 80.6 Å². The fourth-order valence-corrected chi connectivity index (χ4v) is 6.05. The summed E-state index contributed by atoms with van der Waals surface area (Å²) in [5.74, 6) is -0.531. The monoisotopic (exact) mass is 663 g/mol. The van der Waals surface area contributed by atoms with Crippen molar-refractivity contribution >= 4 is 5.97 Å². The van der Waals surface area contributed by atoms with Gasteiger partial charge in [-0.15, -0.1) is 10.1 Å². The van der Waals surface area contributed by atoms with E-state index in [4.69, 9.17) is 14.2 Å². The van der Waals surface area contributed by atoms with Crippen LogP contribution in [0.25, 0.3) is 0 Å². The third-order valence-corrected chi connectivity index (χ3v) is 8.48. The molecule has 0 fully saturated rings. The van der Waals surface area contributed by atoms with E-state index < -0.39 is 22.8 Å². The lowest BCUT2D eigenvalue weighted by atomic mass is 9.81. The van der Waals surface area contributed by atoms with E-state index in [-0.39, 0.29) is 12.6 Å². The van der Waals surface area contributed by atoms with Crippen LogP contribution in [-0.4, -0.2) is 47.5 Å². The van der Waals surface area contributed by atoms with Gasteiger partial charge in [0.1, 0.15) is 0 Å². The Morgan fingerprint density at radius 3 is 1.54 bits per heavy atom. The van der Waals surface area contributed by atoms with Gasteiger partial charge in [-0.25, -0.2) is 14.8 Å². The van der Waals surface area contributed by atoms with Crippen molar-refractivity contribution in [2.45, 2.75) is 115 Å². The van der Waals surface area contributed by atoms with Crippen molar-refractivity contribution in [1.29, 1.82) is 0 Å². The fourth-order valence-electron chi connectivity index (χ4n) is 6.05. The quantitative estimate of drug-likeness (QED) is 0.0379. The fraction of sp³-hybridized carbons (Fsp3) is 0.553. The number of unbranched alkanes of at least 4 members (excludes halogenated alkanes) is 13. The maximum absolute atomic E-state index is 13.9. The van der Waals surface area contributed by atoms with Crippen molar-refractivity contribution in [3.8, 4) is 6.01 Å². The largest absolute Gasteiger partial charge is 0.463 e. The highest BCUT2D eigenvalue weighted by atomic mass is 16.9. The van der Waals surface area contributed by atoms with E-state index in [1.54, 1.807) is 7.11 Å². The highest BCUT2D eigenvalue weighted by Crippen LogP contribution is 2.39. The van der Waals surface area contributed by atoms with Crippen molar-refractivity contribution in [2.75, 3.05) is 20.3 Å². The first-order chi connectivity index (χ1) is 23.4. The molecule has 1 aromatic heterocycles. The van der Waals surface area contributed by atoms with Crippen molar-refractivity contribution < 1.29 is 28.9 Å². The number of ether oxygens (including phenoxy) is 3. The first kappa shape index (κ1) is 38.4. The molecule has 0 aliphatic carbocycles. The molecule has 0 amide bonds. The van der Waals surface area contributed by atoms with Gasteiger partial charge in [-0.05, 0) is 43.9 Å². The number of nitrogens with zero attached hydrogens (tertiary/aromatic N) is 3. The van der Waals surface area contributed by atoms with Gasteiger partial charge in [0.05, 0.1) is 13.2 Å². The molecule has 0 bridgehead atoms. The summed E-state index contributed by atoms with van der Waals surface area (Å²) in [4.78, 5) is 37.3. The molecule has 0 aliphatic heterocycles. The Hall–Kier alpha value is -4.05. The Morgan fingerprint density at radius 2 is 1.12 bits per heavy atom. The maximum atomic E-state index is 13.9. The van der Waals surface area contributed by atoms with Gasteiger partial charge in [-0.2, -0.15) is 0 Å². The number of carbonyl (C=O) groups excluding carboxylic acids is 1. The Morgan fingerprint density at radius 1 is 0.708 bits per heavy atom. The van der Waals surface area contributed by atoms with E-state index in [0.717, 1.165) is 61.0 Å². The molecule has 0 spiro atoms. The zero-order chi connectivity index (χ0) is 34.5. The van der Waals surface area contributed by atoms with E-state index in [1.165, 1.54) is 51.4 Å². The number of hydrogen-bond acceptors (Lipinski definition) is 9. The van der Waals surface area contributed by atoms with Crippen LogP contribution in [0.1, 0.15) is 112 Å². The summed E-state index contributed by atoms with van der Waals surface area (Å²) in [6.07, 6.45) is 14.3. The van der Waals surface area contributed by atoms with Crippen molar-refractivity contribution in [1.82, 2.24) is 9.97 Å². The summed E-state index contributed by atoms with van der Waals surface area (Å²) < 4.78 is 18.5. The van der Waals surface area contributed by atoms with Crippen molar-refractivity contribution in [2.24, 2.45) is 0 Å². The lowest BCUT2D eigenvalue weighted by Gasteiger charge is -2.38. The Bertz CT molecular complexity index is 1280. The standard InChI is InChI=1S/C38H53N3O7/c1-31-30-32(2)40-37(39-31)48-35(38(45-3,33-24-18-16-19-25-33)34-26-20-17-21-27-34)36(42)46-28-22-14-12-10-8-6-4-5-7-9-11-13-15-23-29-47-41(43)44/h16-21,24-27,30,35H,4-15,22-23,28-29H2,1-3H3/t35-/m1/s1. The number of aryl methyl sites for hydroxylation is 2. The van der Waals surface area contributed by atoms with Gasteiger partial charge in [0.15, 0.2) is 5.60 Å². The second-order valence-electron chi connectivity index (χ2n) is 12.3. The molecule has 0 N–H and O–H groups in total. The summed E-state index contributed by atoms with van der Waals surface area (Å²) in [7, 11) is 1.58. The highest BCUT2D eigenvalue weighted by molar-refractivity contribution is 5.78. The van der Waals surface area contributed by atoms with Gasteiger partial charge < -0.3 is 19.0 Å². The van der Waals surface area contributed by atoms with Gasteiger partial charge in [0.2, 0.25) is 6.10 Å². The van der Waals surface area contributed by atoms with E-state index >= 15 is 0 Å². The van der Waals surface area contributed by atoms with Crippen LogP contribution < -0.4 is 4.74 Å². The summed E-state index contributed by atoms with van der Waals surface area (Å²) >= 11 is 0. The molecule has 0 saturated heterocycles. The molecule has 2 aromatic carbocycles. The number of esters is 1. The summed E-state index contributed by atoms with van der Waals surface area (Å²) in [6, 6.07) is 21.1. The first-order valence-electron chi connectivity index (χ1n) is 17.5. The van der Waals surface area contributed by atoms with E-state index in [9.17, 15) is 14.9 Å². The van der Waals surface area contributed by atoms with Crippen LogP contribution in [0.4, 0.5) is 0 Å². The zero-order valence-corrected chi connectivity index (χ0v) is 28.9. The number of hydrogen-bond donors (Lipinski definition) is 0. The van der Waals surface area contributed by atoms with Crippen LogP contribution in [0, 0.1) is 24.0 Å². The average Bonchev–Trinajstić information content (AvgIpc) is 3.08. The lowest BCUT2D eigenvalue weighted by Crippen LogP contribution is -2.51. The summed E-state index contributed by atoms with van der Waals surface area (Å²) in [6.45, 7) is 4.22. The molecule has 3 rings (SSSR count). The molecule has 262 valence electrons. The molecule has 10 nitrogen and oxygen atoms in total. The van der Waals surface area contributed by atoms with Crippen LogP contribution in [0.3, 0.4) is 0 Å². The molecule has 0 aliphatic rings. The number of methoxy groups -OCH3 is 1. The van der Waals surface area contributed by atoms with Gasteiger partial charge in [0.25, 0.3) is 5.09 Å². The second-order valence-corrected chi connectivity index (χ2v) is 12.3. The SMILES string of the molecule is COC(c1ccccc1)(c1ccccc1)[C@H](Oc1nc(C)cc(C)n1)C(=O)OCCCCCCCCCCCCCCCCO[N+](=O)[O-]. The van der Waals surface area contributed by atoms with Crippen molar-refractivity contribution in [3.63, 3.8) is 0 Å². The molecule has 0 radical (unpaired) electrons. The summed E-state index contributed by atoms with van der Waals surface area (Å²) in [5, 5.41) is 9.41. The maximum Gasteiger partial charge on any atom is 0.351 e. The molecule has 10 heteroatoms. The van der Waals surface area contributed by atoms with Gasteiger partial charge >= 0.3 is 12.0 Å². The second kappa shape index (κ2) is 21.8. The molecular weight excluding hydrogens is 610 g/mol. The Kier molecular flexibility index (Phi) is 17.4. The average molecular weight is 664 g/mol. The predicted octanol–water partition coefficient (Wildman–Crippen LogP) is 8.64. The smallest absolute Gasteiger partial charge is 0.351 e. The minimum absolute atomic E-state index is 0.0979. The van der Waals surface area contributed by atoms with E-state index in [0.29, 0.717) is 6.61 Å². The Labute approximate surface area is 285 Å². The number of benzene rings is 2. The number of rotatable bonds is 25. The molecule has 1 atom stereocenters. The molecule has 0 unspecified atom stereocenters. The van der Waals surface area contributed by atoms with E-state index in [2.05, 4.69) is 14.8 Å². The Balaban J connectivity index is 1.46. The topological polar surface area (TPSA) is 123 Å². The molecule has 1 heterocycles. The zero-order valence-electron chi connectivity index (χ0n) is 28.9. The van der Waals surface area contributed by atoms with Gasteiger partial charge in [-0.1, -0.05) is 138 Å². The summed E-state index contributed by atoms with van der Waals surface area (Å²) in [5.41, 5.74) is 1.67. The van der Waals surface area contributed by atoms with Crippen LogP contribution in [0.15, 0.2) is 66.7 Å². The molecule has 3 aromatic rings. The molecular formula is C38H53N3O7. The minimum Gasteiger partial charge on any atom is -0.463 e. The number of carbonyl (C=O) groups is 1. The highest BCUT2D eigenvalue weighted by Gasteiger charge is 2.50. The van der Waals surface area contributed by atoms with Gasteiger partial charge in [-0.3, -0.25) is 0 Å². The number of aromatic nitrogens is 2. The third kappa shape index (κ3) is 12.9. The van der Waals surface area contributed by atoms with Crippen molar-refractivity contribution in [3.05, 3.63) is 99.4 Å². The normalized spacial score (nSPS) is 12.0. The van der Waals surface area contributed by atoms with Crippen LogP contribution in [-0.2, 0) is 24.7 Å². The predicted molar refractivity (Wildman–Crippen MR) is 185 cm³/mol.